The van der Waals surface area contributed by atoms with Crippen LogP contribution in [0.2, 0.25) is 5.02 Å². The molecule has 0 aliphatic carbocycles. The van der Waals surface area contributed by atoms with Crippen molar-refractivity contribution >= 4 is 40.4 Å². The molecule has 0 radical (unpaired) electrons. The molecule has 6 nitrogen and oxygen atoms in total. The smallest absolute Gasteiger partial charge is 0.286 e. The Morgan fingerprint density at radius 3 is 2.62 bits per heavy atom. The first-order chi connectivity index (χ1) is 12.6. The summed E-state index contributed by atoms with van der Waals surface area (Å²) in [7, 11) is 0. The lowest BCUT2D eigenvalue weighted by Crippen LogP contribution is -2.24. The zero-order chi connectivity index (χ0) is 18.4. The number of aromatic nitrogens is 2. The van der Waals surface area contributed by atoms with Crippen LogP contribution in [0.3, 0.4) is 0 Å². The Kier molecular flexibility index (Phi) is 5.93. The molecule has 0 aliphatic heterocycles. The lowest BCUT2D eigenvalue weighted by molar-refractivity contribution is -0.120. The maximum atomic E-state index is 12.2. The van der Waals surface area contributed by atoms with Gasteiger partial charge >= 0.3 is 0 Å². The molecule has 0 aliphatic rings. The number of rotatable bonds is 6. The predicted molar refractivity (Wildman–Crippen MR) is 101 cm³/mol. The van der Waals surface area contributed by atoms with Crippen molar-refractivity contribution in [1.82, 2.24) is 15.5 Å². The van der Waals surface area contributed by atoms with Crippen molar-refractivity contribution < 1.29 is 9.59 Å². The first-order valence-electron chi connectivity index (χ1n) is 7.80. The van der Waals surface area contributed by atoms with Gasteiger partial charge in [-0.1, -0.05) is 59.3 Å². The number of carbonyl (C=O) groups is 2. The molecule has 2 aromatic carbocycles. The summed E-state index contributed by atoms with van der Waals surface area (Å²) in [5, 5.41) is 14.6. The van der Waals surface area contributed by atoms with E-state index in [2.05, 4.69) is 20.8 Å². The molecular formula is C18H15ClN4O2S. The number of halogens is 1. The van der Waals surface area contributed by atoms with Gasteiger partial charge in [-0.2, -0.15) is 0 Å². The second-order valence-corrected chi connectivity index (χ2v) is 6.90. The second kappa shape index (κ2) is 8.55. The number of nitrogens with one attached hydrogen (secondary N) is 2. The second-order valence-electron chi connectivity index (χ2n) is 5.40. The minimum Gasteiger partial charge on any atom is -0.349 e. The lowest BCUT2D eigenvalue weighted by atomic mass is 10.1. The fourth-order valence-corrected chi connectivity index (χ4v) is 3.05. The zero-order valence-electron chi connectivity index (χ0n) is 13.6. The highest BCUT2D eigenvalue weighted by molar-refractivity contribution is 7.13. The van der Waals surface area contributed by atoms with Gasteiger partial charge in [-0.25, -0.2) is 0 Å². The van der Waals surface area contributed by atoms with E-state index >= 15 is 0 Å². The molecule has 2 N–H and O–H groups in total. The molecule has 0 atom stereocenters. The molecule has 2 amide bonds. The molecule has 8 heteroatoms. The third kappa shape index (κ3) is 5.11. The van der Waals surface area contributed by atoms with E-state index in [9.17, 15) is 9.59 Å². The molecule has 3 aromatic rings. The zero-order valence-corrected chi connectivity index (χ0v) is 15.2. The van der Waals surface area contributed by atoms with Crippen molar-refractivity contribution in [2.45, 2.75) is 13.0 Å². The van der Waals surface area contributed by atoms with Crippen molar-refractivity contribution in [2.24, 2.45) is 0 Å². The first-order valence-corrected chi connectivity index (χ1v) is 8.99. The van der Waals surface area contributed by atoms with Gasteiger partial charge in [-0.15, -0.1) is 10.2 Å². The van der Waals surface area contributed by atoms with Crippen molar-refractivity contribution in [3.05, 3.63) is 75.2 Å². The van der Waals surface area contributed by atoms with E-state index in [1.807, 2.05) is 30.3 Å². The molecule has 26 heavy (non-hydrogen) atoms. The SMILES string of the molecule is O=C(Cc1ccccc1)NCc1nnc(C(=O)Nc2cccc(Cl)c2)s1. The van der Waals surface area contributed by atoms with Crippen molar-refractivity contribution in [1.29, 1.82) is 0 Å². The summed E-state index contributed by atoms with van der Waals surface area (Å²) in [5.41, 5.74) is 1.51. The summed E-state index contributed by atoms with van der Waals surface area (Å²) in [5.74, 6) is -0.483. The van der Waals surface area contributed by atoms with E-state index in [1.54, 1.807) is 24.3 Å². The Hall–Kier alpha value is -2.77. The molecular weight excluding hydrogens is 372 g/mol. The maximum absolute atomic E-state index is 12.2. The topological polar surface area (TPSA) is 84.0 Å². The number of hydrogen-bond donors (Lipinski definition) is 2. The van der Waals surface area contributed by atoms with Crippen LogP contribution in [0.15, 0.2) is 54.6 Å². The molecule has 1 aromatic heterocycles. The van der Waals surface area contributed by atoms with Crippen LogP contribution in [0.1, 0.15) is 20.4 Å². The molecule has 132 valence electrons. The third-order valence-electron chi connectivity index (χ3n) is 3.39. The van der Waals surface area contributed by atoms with E-state index in [4.69, 9.17) is 11.6 Å². The summed E-state index contributed by atoms with van der Waals surface area (Å²) in [6.07, 6.45) is 0.293. The summed E-state index contributed by atoms with van der Waals surface area (Å²) in [6, 6.07) is 16.3. The number of nitrogens with zero attached hydrogens (tertiary/aromatic N) is 2. The Balaban J connectivity index is 1.52. The fourth-order valence-electron chi connectivity index (χ4n) is 2.19. The van der Waals surface area contributed by atoms with Gasteiger partial charge in [0.15, 0.2) is 0 Å². The highest BCUT2D eigenvalue weighted by Crippen LogP contribution is 2.17. The van der Waals surface area contributed by atoms with E-state index in [0.717, 1.165) is 16.9 Å². The number of carbonyl (C=O) groups excluding carboxylic acids is 2. The maximum Gasteiger partial charge on any atom is 0.286 e. The highest BCUT2D eigenvalue weighted by atomic mass is 35.5. The van der Waals surface area contributed by atoms with E-state index in [0.29, 0.717) is 22.1 Å². The normalized spacial score (nSPS) is 10.3. The third-order valence-corrected chi connectivity index (χ3v) is 4.54. The minimum atomic E-state index is -0.369. The van der Waals surface area contributed by atoms with Crippen LogP contribution in [-0.2, 0) is 17.8 Å². The van der Waals surface area contributed by atoms with Crippen LogP contribution in [0.25, 0.3) is 0 Å². The Labute approximate surface area is 159 Å². The molecule has 0 spiro atoms. The van der Waals surface area contributed by atoms with E-state index < -0.39 is 0 Å². The molecule has 0 bridgehead atoms. The number of benzene rings is 2. The monoisotopic (exact) mass is 386 g/mol. The molecule has 0 fully saturated rings. The van der Waals surface area contributed by atoms with Gasteiger partial charge in [-0.3, -0.25) is 9.59 Å². The Morgan fingerprint density at radius 2 is 1.85 bits per heavy atom. The van der Waals surface area contributed by atoms with Crippen molar-refractivity contribution in [3.63, 3.8) is 0 Å². The largest absolute Gasteiger partial charge is 0.349 e. The molecule has 0 saturated carbocycles. The van der Waals surface area contributed by atoms with Gasteiger partial charge in [0, 0.05) is 10.7 Å². The van der Waals surface area contributed by atoms with Gasteiger partial charge < -0.3 is 10.6 Å². The average Bonchev–Trinajstić information content (AvgIpc) is 3.10. The predicted octanol–water partition coefficient (Wildman–Crippen LogP) is 3.30. The molecule has 0 unspecified atom stereocenters. The van der Waals surface area contributed by atoms with Gasteiger partial charge in [0.25, 0.3) is 5.91 Å². The van der Waals surface area contributed by atoms with E-state index in [-0.39, 0.29) is 23.4 Å². The summed E-state index contributed by atoms with van der Waals surface area (Å²) >= 11 is 7.02. The number of hydrogen-bond acceptors (Lipinski definition) is 5. The van der Waals surface area contributed by atoms with Gasteiger partial charge in [0.1, 0.15) is 5.01 Å². The van der Waals surface area contributed by atoms with Crippen LogP contribution in [-0.4, -0.2) is 22.0 Å². The van der Waals surface area contributed by atoms with Crippen LogP contribution < -0.4 is 10.6 Å². The average molecular weight is 387 g/mol. The quantitative estimate of drug-likeness (QED) is 0.680. The van der Waals surface area contributed by atoms with Gasteiger partial charge in [0.05, 0.1) is 13.0 Å². The molecule has 3 rings (SSSR count). The Bertz CT molecular complexity index is 914. The summed E-state index contributed by atoms with van der Waals surface area (Å²) in [6.45, 7) is 0.230. The number of anilines is 1. The molecule has 1 heterocycles. The van der Waals surface area contributed by atoms with Crippen LogP contribution in [0, 0.1) is 0 Å². The summed E-state index contributed by atoms with van der Waals surface area (Å²) in [4.78, 5) is 24.1. The molecule has 0 saturated heterocycles. The van der Waals surface area contributed by atoms with Crippen molar-refractivity contribution in [3.8, 4) is 0 Å². The van der Waals surface area contributed by atoms with E-state index in [1.165, 1.54) is 0 Å². The van der Waals surface area contributed by atoms with Gasteiger partial charge in [0.2, 0.25) is 10.9 Å². The lowest BCUT2D eigenvalue weighted by Gasteiger charge is -2.03. The van der Waals surface area contributed by atoms with Crippen LogP contribution in [0.5, 0.6) is 0 Å². The fraction of sp³-hybridized carbons (Fsp3) is 0.111. The Morgan fingerprint density at radius 1 is 1.04 bits per heavy atom. The van der Waals surface area contributed by atoms with Crippen molar-refractivity contribution in [2.75, 3.05) is 5.32 Å². The van der Waals surface area contributed by atoms with Crippen LogP contribution in [0.4, 0.5) is 5.69 Å². The summed E-state index contributed by atoms with van der Waals surface area (Å²) < 4.78 is 0. The minimum absolute atomic E-state index is 0.115. The highest BCUT2D eigenvalue weighted by Gasteiger charge is 2.14. The number of amides is 2. The van der Waals surface area contributed by atoms with Gasteiger partial charge in [-0.05, 0) is 23.8 Å². The first kappa shape index (κ1) is 18.0. The van der Waals surface area contributed by atoms with Crippen LogP contribution >= 0.6 is 22.9 Å². The standard InChI is InChI=1S/C18H15ClN4O2S/c19-13-7-4-8-14(10-13)21-17(25)18-23-22-16(26-18)11-20-15(24)9-12-5-2-1-3-6-12/h1-8,10H,9,11H2,(H,20,24)(H,21,25).